The summed E-state index contributed by atoms with van der Waals surface area (Å²) in [5.74, 6) is 3.09. The van der Waals surface area contributed by atoms with Crippen LogP contribution >= 0.6 is 0 Å². The van der Waals surface area contributed by atoms with E-state index in [1.165, 1.54) is 83.9 Å². The Kier molecular flexibility index (Phi) is 4.70. The van der Waals surface area contributed by atoms with Crippen molar-refractivity contribution >= 4 is 6.08 Å². The van der Waals surface area contributed by atoms with Crippen molar-refractivity contribution < 1.29 is 0 Å². The SMILES string of the molecule is Cc1ccc(-c2ccc(-c3ccc(C)cc3)c3c2C=C(CC24CC5CC(CC(C5)C2)C4)C3)cc1. The molecule has 5 aliphatic rings. The minimum atomic E-state index is 0.608. The van der Waals surface area contributed by atoms with E-state index in [4.69, 9.17) is 0 Å². The van der Waals surface area contributed by atoms with Crippen LogP contribution in [0.3, 0.4) is 0 Å². The summed E-state index contributed by atoms with van der Waals surface area (Å²) in [6, 6.07) is 23.0. The molecule has 4 fully saturated rings. The van der Waals surface area contributed by atoms with E-state index < -0.39 is 0 Å². The molecule has 0 amide bonds. The Morgan fingerprint density at radius 3 is 1.71 bits per heavy atom. The normalized spacial score (nSPS) is 28.8. The van der Waals surface area contributed by atoms with E-state index in [0.29, 0.717) is 5.41 Å². The molecule has 3 aromatic rings. The quantitative estimate of drug-likeness (QED) is 0.376. The highest BCUT2D eigenvalue weighted by Gasteiger charge is 2.51. The molecule has 0 aliphatic heterocycles. The van der Waals surface area contributed by atoms with E-state index >= 15 is 0 Å². The van der Waals surface area contributed by atoms with Gasteiger partial charge in [-0.1, -0.05) is 83.4 Å². The van der Waals surface area contributed by atoms with E-state index in [2.05, 4.69) is 80.6 Å². The van der Waals surface area contributed by atoms with Gasteiger partial charge in [0.1, 0.15) is 0 Å². The Hall–Kier alpha value is -2.60. The van der Waals surface area contributed by atoms with Gasteiger partial charge >= 0.3 is 0 Å². The molecule has 0 atom stereocenters. The highest BCUT2D eigenvalue weighted by molar-refractivity contribution is 5.87. The third kappa shape index (κ3) is 3.49. The Morgan fingerprint density at radius 2 is 1.15 bits per heavy atom. The summed E-state index contributed by atoms with van der Waals surface area (Å²) in [5.41, 5.74) is 13.6. The van der Waals surface area contributed by atoms with Crippen LogP contribution in [0.4, 0.5) is 0 Å². The van der Waals surface area contributed by atoms with E-state index in [-0.39, 0.29) is 0 Å². The summed E-state index contributed by atoms with van der Waals surface area (Å²) >= 11 is 0. The minimum absolute atomic E-state index is 0.608. The summed E-state index contributed by atoms with van der Waals surface area (Å²) in [4.78, 5) is 0. The van der Waals surface area contributed by atoms with Crippen molar-refractivity contribution in [3.05, 3.63) is 88.5 Å². The molecule has 3 aromatic carbocycles. The molecule has 0 saturated heterocycles. The van der Waals surface area contributed by atoms with Gasteiger partial charge in [-0.25, -0.2) is 0 Å². The summed E-state index contributed by atoms with van der Waals surface area (Å²) in [6.45, 7) is 4.36. The Bertz CT molecular complexity index is 1230. The lowest BCUT2D eigenvalue weighted by atomic mass is 9.48. The number of fused-ring (bicyclic) bond motifs is 1. The molecule has 4 saturated carbocycles. The zero-order valence-corrected chi connectivity index (χ0v) is 20.7. The number of aryl methyl sites for hydroxylation is 2. The molecular formula is C34H36. The van der Waals surface area contributed by atoms with E-state index in [0.717, 1.165) is 24.2 Å². The predicted octanol–water partition coefficient (Wildman–Crippen LogP) is 9.18. The van der Waals surface area contributed by atoms with Crippen molar-refractivity contribution in [1.82, 2.24) is 0 Å². The minimum Gasteiger partial charge on any atom is -0.0646 e. The summed E-state index contributed by atoms with van der Waals surface area (Å²) in [5, 5.41) is 0. The molecule has 0 heterocycles. The van der Waals surface area contributed by atoms with E-state index in [1.54, 1.807) is 11.1 Å². The first-order chi connectivity index (χ1) is 16.5. The maximum atomic E-state index is 2.61. The number of allylic oxidation sites excluding steroid dienone is 1. The van der Waals surface area contributed by atoms with Crippen LogP contribution in [0.2, 0.25) is 0 Å². The van der Waals surface area contributed by atoms with Crippen molar-refractivity contribution in [1.29, 1.82) is 0 Å². The lowest BCUT2D eigenvalue weighted by molar-refractivity contribution is -0.0521. The molecule has 34 heavy (non-hydrogen) atoms. The Labute approximate surface area is 205 Å². The highest BCUT2D eigenvalue weighted by Crippen LogP contribution is 2.62. The van der Waals surface area contributed by atoms with Crippen LogP contribution in [-0.4, -0.2) is 0 Å². The van der Waals surface area contributed by atoms with Gasteiger partial charge < -0.3 is 0 Å². The van der Waals surface area contributed by atoms with Gasteiger partial charge in [0.05, 0.1) is 0 Å². The Morgan fingerprint density at radius 1 is 0.647 bits per heavy atom. The fourth-order valence-corrected chi connectivity index (χ4v) is 8.59. The molecular weight excluding hydrogens is 408 g/mol. The van der Waals surface area contributed by atoms with Gasteiger partial charge in [-0.3, -0.25) is 0 Å². The molecule has 0 heteroatoms. The third-order valence-electron chi connectivity index (χ3n) is 9.60. The van der Waals surface area contributed by atoms with Crippen LogP contribution in [0.25, 0.3) is 28.3 Å². The van der Waals surface area contributed by atoms with Crippen molar-refractivity contribution in [3.8, 4) is 22.3 Å². The van der Waals surface area contributed by atoms with Gasteiger partial charge in [0.15, 0.2) is 0 Å². The van der Waals surface area contributed by atoms with Crippen LogP contribution in [0.1, 0.15) is 67.2 Å². The predicted molar refractivity (Wildman–Crippen MR) is 144 cm³/mol. The largest absolute Gasteiger partial charge is 0.0646 e. The van der Waals surface area contributed by atoms with E-state index in [9.17, 15) is 0 Å². The lowest BCUT2D eigenvalue weighted by Gasteiger charge is -2.57. The summed E-state index contributed by atoms with van der Waals surface area (Å²) in [6.07, 6.45) is 14.2. The van der Waals surface area contributed by atoms with Crippen molar-refractivity contribution in [3.63, 3.8) is 0 Å². The summed E-state index contributed by atoms with van der Waals surface area (Å²) in [7, 11) is 0. The second kappa shape index (κ2) is 7.70. The van der Waals surface area contributed by atoms with Crippen molar-refractivity contribution in [2.45, 2.75) is 65.2 Å². The Balaban J connectivity index is 1.28. The summed E-state index contributed by atoms with van der Waals surface area (Å²) < 4.78 is 0. The third-order valence-corrected chi connectivity index (χ3v) is 9.60. The molecule has 0 radical (unpaired) electrons. The van der Waals surface area contributed by atoms with Crippen molar-refractivity contribution in [2.24, 2.45) is 23.2 Å². The van der Waals surface area contributed by atoms with Crippen LogP contribution in [-0.2, 0) is 6.42 Å². The second-order valence-electron chi connectivity index (χ2n) is 12.4. The van der Waals surface area contributed by atoms with Crippen LogP contribution in [0, 0.1) is 37.0 Å². The van der Waals surface area contributed by atoms with Gasteiger partial charge in [0, 0.05) is 0 Å². The maximum absolute atomic E-state index is 2.61. The van der Waals surface area contributed by atoms with Gasteiger partial charge in [0.2, 0.25) is 0 Å². The number of hydrogen-bond acceptors (Lipinski definition) is 0. The molecule has 4 bridgehead atoms. The van der Waals surface area contributed by atoms with Gasteiger partial charge in [0.25, 0.3) is 0 Å². The second-order valence-corrected chi connectivity index (χ2v) is 12.4. The molecule has 172 valence electrons. The fourth-order valence-electron chi connectivity index (χ4n) is 8.59. The molecule has 5 aliphatic carbocycles. The molecule has 0 aromatic heterocycles. The first-order valence-electron chi connectivity index (χ1n) is 13.5. The van der Waals surface area contributed by atoms with Gasteiger partial charge in [-0.2, -0.15) is 0 Å². The monoisotopic (exact) mass is 444 g/mol. The number of hydrogen-bond donors (Lipinski definition) is 0. The number of benzene rings is 3. The van der Waals surface area contributed by atoms with Crippen LogP contribution in [0.15, 0.2) is 66.2 Å². The molecule has 0 nitrogen and oxygen atoms in total. The van der Waals surface area contributed by atoms with Crippen LogP contribution < -0.4 is 0 Å². The zero-order valence-electron chi connectivity index (χ0n) is 20.7. The maximum Gasteiger partial charge on any atom is -0.00512 e. The topological polar surface area (TPSA) is 0 Å². The molecule has 8 rings (SSSR count). The average molecular weight is 445 g/mol. The number of rotatable bonds is 4. The first kappa shape index (κ1) is 20.7. The molecule has 0 unspecified atom stereocenters. The molecule has 0 spiro atoms. The molecule has 0 N–H and O–H groups in total. The smallest absolute Gasteiger partial charge is 0.00512 e. The standard InChI is InChI=1S/C34H36/c1-22-3-7-28(8-4-22)30-11-12-31(29-9-5-23(2)6-10-29)33-17-27(16-32(30)33)21-34-18-24-13-25(19-34)15-26(14-24)20-34/h3-12,16,24-26H,13-15,17-21H2,1-2H3. The fraction of sp³-hybridized carbons (Fsp3) is 0.412. The average Bonchev–Trinajstić information content (AvgIpc) is 3.21. The van der Waals surface area contributed by atoms with Gasteiger partial charge in [-0.05, 0) is 122 Å². The lowest BCUT2D eigenvalue weighted by Crippen LogP contribution is -2.46. The van der Waals surface area contributed by atoms with Crippen molar-refractivity contribution in [2.75, 3.05) is 0 Å². The van der Waals surface area contributed by atoms with Gasteiger partial charge in [-0.15, -0.1) is 0 Å². The van der Waals surface area contributed by atoms with E-state index in [1.807, 2.05) is 0 Å². The zero-order chi connectivity index (χ0) is 22.9. The highest BCUT2D eigenvalue weighted by atomic mass is 14.6. The van der Waals surface area contributed by atoms with Crippen LogP contribution in [0.5, 0.6) is 0 Å². The first-order valence-corrected chi connectivity index (χ1v) is 13.5.